The highest BCUT2D eigenvalue weighted by Crippen LogP contribution is 2.31. The van der Waals surface area contributed by atoms with E-state index in [9.17, 15) is 24.3 Å². The number of amides is 3. The summed E-state index contributed by atoms with van der Waals surface area (Å²) in [4.78, 5) is 56.2. The predicted molar refractivity (Wildman–Crippen MR) is 173 cm³/mol. The average molecular weight is 626 g/mol. The molecule has 3 amide bonds. The summed E-state index contributed by atoms with van der Waals surface area (Å²) < 4.78 is 11.0. The minimum absolute atomic E-state index is 0.164. The van der Waals surface area contributed by atoms with E-state index in [2.05, 4.69) is 10.6 Å². The number of ether oxygens (including phenoxy) is 2. The number of carbonyl (C=O) groups excluding carboxylic acids is 4. The maximum atomic E-state index is 14.5. The Labute approximate surface area is 267 Å². The van der Waals surface area contributed by atoms with Gasteiger partial charge in [0.15, 0.2) is 0 Å². The second kappa shape index (κ2) is 15.9. The Morgan fingerprint density at radius 1 is 0.822 bits per heavy atom. The SMILES string of the molecule is CCC(C)N(C(=O)C(CO)NC(=O)OC(C)(C)C)C(C(=O)NC(Cc1ccccc1)C(=O)OC(C)(C)C)c1c(C)cccc1C. The normalized spacial score (nSPS) is 14.4. The van der Waals surface area contributed by atoms with Crippen LogP contribution in [0.2, 0.25) is 0 Å². The molecule has 0 heterocycles. The molecular formula is C35H51N3O7. The predicted octanol–water partition coefficient (Wildman–Crippen LogP) is 4.93. The van der Waals surface area contributed by atoms with Gasteiger partial charge in [0.1, 0.15) is 29.3 Å². The Morgan fingerprint density at radius 3 is 1.87 bits per heavy atom. The molecule has 0 bridgehead atoms. The van der Waals surface area contributed by atoms with E-state index in [-0.39, 0.29) is 6.42 Å². The lowest BCUT2D eigenvalue weighted by molar-refractivity contribution is -0.159. The topological polar surface area (TPSA) is 134 Å². The first-order valence-corrected chi connectivity index (χ1v) is 15.4. The molecule has 0 radical (unpaired) electrons. The molecule has 0 saturated heterocycles. The van der Waals surface area contributed by atoms with Crippen molar-refractivity contribution in [3.8, 4) is 0 Å². The van der Waals surface area contributed by atoms with Crippen molar-refractivity contribution in [3.05, 3.63) is 70.8 Å². The minimum Gasteiger partial charge on any atom is -0.458 e. The van der Waals surface area contributed by atoms with Gasteiger partial charge >= 0.3 is 12.1 Å². The zero-order valence-electron chi connectivity index (χ0n) is 28.4. The van der Waals surface area contributed by atoms with Gasteiger partial charge in [0.05, 0.1) is 6.61 Å². The van der Waals surface area contributed by atoms with E-state index in [1.54, 1.807) is 48.5 Å². The van der Waals surface area contributed by atoms with Gasteiger partial charge in [-0.15, -0.1) is 0 Å². The van der Waals surface area contributed by atoms with E-state index in [1.807, 2.05) is 69.3 Å². The highest BCUT2D eigenvalue weighted by molar-refractivity contribution is 5.94. The van der Waals surface area contributed by atoms with E-state index in [4.69, 9.17) is 9.47 Å². The molecule has 0 aromatic heterocycles. The molecule has 2 rings (SSSR count). The summed E-state index contributed by atoms with van der Waals surface area (Å²) in [5, 5.41) is 15.6. The first kappa shape index (κ1) is 37.3. The fraction of sp³-hybridized carbons (Fsp3) is 0.543. The monoisotopic (exact) mass is 625 g/mol. The standard InChI is InChI=1S/C35H51N3O7/c1-11-24(4)38(31(41)27(21-39)37-33(43)45-35(8,9)10)29(28-22(2)16-15-17-23(28)3)30(40)36-26(32(42)44-34(5,6)7)20-25-18-13-12-14-19-25/h12-19,24,26-27,29,39H,11,20-21H2,1-10H3,(H,36,40)(H,37,43). The summed E-state index contributed by atoms with van der Waals surface area (Å²) in [5.41, 5.74) is 1.28. The number of alkyl carbamates (subject to hydrolysis) is 1. The Bertz CT molecular complexity index is 1290. The van der Waals surface area contributed by atoms with Gasteiger partial charge in [0.2, 0.25) is 11.8 Å². The summed E-state index contributed by atoms with van der Waals surface area (Å²) in [6.45, 7) is 17.0. The number of aryl methyl sites for hydroxylation is 2. The molecule has 0 fully saturated rings. The third kappa shape index (κ3) is 11.2. The summed E-state index contributed by atoms with van der Waals surface area (Å²) in [7, 11) is 0. The van der Waals surface area contributed by atoms with Gasteiger partial charge in [-0.2, -0.15) is 0 Å². The molecule has 3 N–H and O–H groups in total. The van der Waals surface area contributed by atoms with Gasteiger partial charge in [0, 0.05) is 12.5 Å². The van der Waals surface area contributed by atoms with Crippen LogP contribution in [0.5, 0.6) is 0 Å². The number of hydrogen-bond acceptors (Lipinski definition) is 7. The number of nitrogens with zero attached hydrogens (tertiary/aromatic N) is 1. The van der Waals surface area contributed by atoms with Crippen molar-refractivity contribution in [2.24, 2.45) is 0 Å². The fourth-order valence-electron chi connectivity index (χ4n) is 4.93. The molecular weight excluding hydrogens is 574 g/mol. The number of nitrogens with one attached hydrogen (secondary N) is 2. The Kier molecular flexibility index (Phi) is 13.2. The van der Waals surface area contributed by atoms with Crippen LogP contribution in [0.1, 0.15) is 90.1 Å². The summed E-state index contributed by atoms with van der Waals surface area (Å²) in [5.74, 6) is -1.87. The molecule has 4 atom stereocenters. The summed E-state index contributed by atoms with van der Waals surface area (Å²) in [6.07, 6.45) is -0.248. The van der Waals surface area contributed by atoms with Crippen LogP contribution in [-0.4, -0.2) is 69.8 Å². The van der Waals surface area contributed by atoms with Crippen molar-refractivity contribution in [3.63, 3.8) is 0 Å². The third-order valence-corrected chi connectivity index (χ3v) is 7.12. The van der Waals surface area contributed by atoms with Gasteiger partial charge in [-0.3, -0.25) is 9.59 Å². The Balaban J connectivity index is 2.65. The first-order valence-electron chi connectivity index (χ1n) is 15.4. The van der Waals surface area contributed by atoms with Gasteiger partial charge in [-0.05, 0) is 91.0 Å². The fourth-order valence-corrected chi connectivity index (χ4v) is 4.93. The summed E-state index contributed by atoms with van der Waals surface area (Å²) in [6, 6.07) is 10.7. The van der Waals surface area contributed by atoms with Crippen molar-refractivity contribution in [1.82, 2.24) is 15.5 Å². The molecule has 0 saturated carbocycles. The van der Waals surface area contributed by atoms with Crippen LogP contribution in [-0.2, 0) is 30.3 Å². The maximum absolute atomic E-state index is 14.5. The number of aliphatic hydroxyl groups is 1. The van der Waals surface area contributed by atoms with Crippen molar-refractivity contribution in [2.45, 2.75) is 117 Å². The lowest BCUT2D eigenvalue weighted by Crippen LogP contribution is -2.58. The molecule has 0 aliphatic rings. The average Bonchev–Trinajstić information content (AvgIpc) is 2.93. The summed E-state index contributed by atoms with van der Waals surface area (Å²) >= 11 is 0. The molecule has 10 nitrogen and oxygen atoms in total. The highest BCUT2D eigenvalue weighted by atomic mass is 16.6. The molecule has 45 heavy (non-hydrogen) atoms. The number of esters is 1. The lowest BCUT2D eigenvalue weighted by Gasteiger charge is -2.39. The van der Waals surface area contributed by atoms with Crippen LogP contribution >= 0.6 is 0 Å². The molecule has 0 aliphatic carbocycles. The zero-order valence-corrected chi connectivity index (χ0v) is 28.4. The highest BCUT2D eigenvalue weighted by Gasteiger charge is 2.41. The van der Waals surface area contributed by atoms with Crippen LogP contribution in [0.3, 0.4) is 0 Å². The van der Waals surface area contributed by atoms with E-state index in [1.165, 1.54) is 4.90 Å². The van der Waals surface area contributed by atoms with E-state index in [0.29, 0.717) is 12.0 Å². The molecule has 248 valence electrons. The molecule has 0 aliphatic heterocycles. The second-order valence-corrected chi connectivity index (χ2v) is 13.4. The molecule has 0 spiro atoms. The van der Waals surface area contributed by atoms with Gasteiger partial charge in [-0.25, -0.2) is 9.59 Å². The van der Waals surface area contributed by atoms with Crippen LogP contribution in [0, 0.1) is 13.8 Å². The number of hydrogen-bond donors (Lipinski definition) is 3. The van der Waals surface area contributed by atoms with Crippen LogP contribution < -0.4 is 10.6 Å². The van der Waals surface area contributed by atoms with E-state index in [0.717, 1.165) is 16.7 Å². The number of rotatable bonds is 12. The Morgan fingerprint density at radius 2 is 1.38 bits per heavy atom. The maximum Gasteiger partial charge on any atom is 0.408 e. The molecule has 2 aromatic carbocycles. The zero-order chi connectivity index (χ0) is 34.1. The van der Waals surface area contributed by atoms with E-state index < -0.39 is 65.9 Å². The lowest BCUT2D eigenvalue weighted by atomic mass is 9.92. The van der Waals surface area contributed by atoms with Crippen LogP contribution in [0.25, 0.3) is 0 Å². The molecule has 2 aromatic rings. The van der Waals surface area contributed by atoms with Crippen LogP contribution in [0.4, 0.5) is 4.79 Å². The van der Waals surface area contributed by atoms with Crippen LogP contribution in [0.15, 0.2) is 48.5 Å². The number of benzene rings is 2. The molecule has 10 heteroatoms. The third-order valence-electron chi connectivity index (χ3n) is 7.12. The van der Waals surface area contributed by atoms with Gasteiger partial charge in [0.25, 0.3) is 0 Å². The number of aliphatic hydroxyl groups excluding tert-OH is 1. The van der Waals surface area contributed by atoms with Crippen molar-refractivity contribution in [1.29, 1.82) is 0 Å². The Hall–Kier alpha value is -3.92. The smallest absolute Gasteiger partial charge is 0.408 e. The van der Waals surface area contributed by atoms with Crippen molar-refractivity contribution in [2.75, 3.05) is 6.61 Å². The minimum atomic E-state index is -1.39. The van der Waals surface area contributed by atoms with Crippen molar-refractivity contribution < 1.29 is 33.8 Å². The van der Waals surface area contributed by atoms with Gasteiger partial charge in [-0.1, -0.05) is 55.5 Å². The largest absolute Gasteiger partial charge is 0.458 e. The van der Waals surface area contributed by atoms with E-state index >= 15 is 0 Å². The van der Waals surface area contributed by atoms with Gasteiger partial charge < -0.3 is 30.1 Å². The first-order chi connectivity index (χ1) is 20.9. The molecule has 4 unspecified atom stereocenters. The quantitative estimate of drug-likeness (QED) is 0.285. The number of carbonyl (C=O) groups is 4. The van der Waals surface area contributed by atoms with Crippen molar-refractivity contribution >= 4 is 23.9 Å². The second-order valence-electron chi connectivity index (χ2n) is 13.4.